The highest BCUT2D eigenvalue weighted by atomic mass is 14.1. The van der Waals surface area contributed by atoms with Crippen LogP contribution in [0, 0.1) is 5.92 Å². The van der Waals surface area contributed by atoms with Gasteiger partial charge in [0, 0.05) is 0 Å². The summed E-state index contributed by atoms with van der Waals surface area (Å²) in [6.45, 7) is 6.63. The van der Waals surface area contributed by atoms with Gasteiger partial charge in [-0.15, -0.1) is 0 Å². The third-order valence-corrected chi connectivity index (χ3v) is 1.67. The summed E-state index contributed by atoms with van der Waals surface area (Å²) in [4.78, 5) is 0. The Balaban J connectivity index is 2.74. The predicted molar refractivity (Wildman–Crippen MR) is 41.3 cm³/mol. The second-order valence-corrected chi connectivity index (χ2v) is 3.08. The van der Waals surface area contributed by atoms with Crippen LogP contribution in [0.4, 0.5) is 0 Å². The summed E-state index contributed by atoms with van der Waals surface area (Å²) in [5, 5.41) is 0. The topological polar surface area (TPSA) is 0 Å². The zero-order chi connectivity index (χ0) is 6.85. The first-order valence-corrected chi connectivity index (χ1v) is 3.54. The van der Waals surface area contributed by atoms with Gasteiger partial charge in [0.1, 0.15) is 0 Å². The standard InChI is InChI=1S/C9H14/c1-7-4-8(2)6-9(3)5-7/h4-5,8H,6H2,1-3H3/t8-/m0/s1. The summed E-state index contributed by atoms with van der Waals surface area (Å²) in [6.07, 6.45) is 5.84. The first-order valence-electron chi connectivity index (χ1n) is 3.54. The quantitative estimate of drug-likeness (QED) is 0.463. The molecular weight excluding hydrogens is 108 g/mol. The van der Waals surface area contributed by atoms with E-state index in [0.717, 1.165) is 5.92 Å². The van der Waals surface area contributed by atoms with Crippen molar-refractivity contribution in [2.45, 2.75) is 27.2 Å². The molecule has 1 aliphatic carbocycles. The van der Waals surface area contributed by atoms with Gasteiger partial charge in [0.25, 0.3) is 0 Å². The highest BCUT2D eigenvalue weighted by molar-refractivity contribution is 5.25. The Morgan fingerprint density at radius 3 is 2.56 bits per heavy atom. The maximum Gasteiger partial charge on any atom is -0.0219 e. The van der Waals surface area contributed by atoms with Crippen molar-refractivity contribution in [2.75, 3.05) is 0 Å². The van der Waals surface area contributed by atoms with E-state index in [2.05, 4.69) is 32.9 Å². The Bertz CT molecular complexity index is 161. The Labute approximate surface area is 57.3 Å². The summed E-state index contributed by atoms with van der Waals surface area (Å²) in [6, 6.07) is 0. The number of rotatable bonds is 0. The van der Waals surface area contributed by atoms with E-state index in [9.17, 15) is 0 Å². The summed E-state index contributed by atoms with van der Waals surface area (Å²) in [5.74, 6) is 0.759. The van der Waals surface area contributed by atoms with E-state index in [0.29, 0.717) is 0 Å². The highest BCUT2D eigenvalue weighted by Crippen LogP contribution is 2.20. The van der Waals surface area contributed by atoms with Gasteiger partial charge in [0.2, 0.25) is 0 Å². The molecule has 0 spiro atoms. The number of hydrogen-bond donors (Lipinski definition) is 0. The highest BCUT2D eigenvalue weighted by Gasteiger charge is 2.04. The second-order valence-electron chi connectivity index (χ2n) is 3.08. The molecule has 50 valence electrons. The largest absolute Gasteiger partial charge is 0.0784 e. The van der Waals surface area contributed by atoms with Crippen LogP contribution in [0.1, 0.15) is 27.2 Å². The molecule has 1 rings (SSSR count). The first kappa shape index (κ1) is 6.60. The monoisotopic (exact) mass is 122 g/mol. The van der Waals surface area contributed by atoms with E-state index in [4.69, 9.17) is 0 Å². The Morgan fingerprint density at radius 2 is 2.11 bits per heavy atom. The molecule has 0 radical (unpaired) electrons. The van der Waals surface area contributed by atoms with Crippen LogP contribution in [0.15, 0.2) is 23.3 Å². The number of allylic oxidation sites excluding steroid dienone is 4. The Kier molecular flexibility index (Phi) is 1.75. The van der Waals surface area contributed by atoms with Gasteiger partial charge in [-0.25, -0.2) is 0 Å². The smallest absolute Gasteiger partial charge is 0.0219 e. The Morgan fingerprint density at radius 1 is 1.44 bits per heavy atom. The molecule has 9 heavy (non-hydrogen) atoms. The minimum Gasteiger partial charge on any atom is -0.0784 e. The van der Waals surface area contributed by atoms with Gasteiger partial charge in [-0.3, -0.25) is 0 Å². The lowest BCUT2D eigenvalue weighted by atomic mass is 9.93. The molecule has 0 aromatic rings. The van der Waals surface area contributed by atoms with Crippen LogP contribution in [0.2, 0.25) is 0 Å². The van der Waals surface area contributed by atoms with Gasteiger partial charge in [-0.2, -0.15) is 0 Å². The molecule has 0 heterocycles. The fraction of sp³-hybridized carbons (Fsp3) is 0.556. The van der Waals surface area contributed by atoms with Crippen molar-refractivity contribution in [3.05, 3.63) is 23.3 Å². The lowest BCUT2D eigenvalue weighted by molar-refractivity contribution is 0.700. The van der Waals surface area contributed by atoms with Crippen LogP contribution in [-0.4, -0.2) is 0 Å². The normalized spacial score (nSPS) is 27.2. The van der Waals surface area contributed by atoms with Crippen molar-refractivity contribution >= 4 is 0 Å². The first-order chi connectivity index (χ1) is 4.18. The van der Waals surface area contributed by atoms with E-state index < -0.39 is 0 Å². The number of hydrogen-bond acceptors (Lipinski definition) is 0. The van der Waals surface area contributed by atoms with E-state index >= 15 is 0 Å². The van der Waals surface area contributed by atoms with Crippen molar-refractivity contribution in [3.63, 3.8) is 0 Å². The predicted octanol–water partition coefficient (Wildman–Crippen LogP) is 2.92. The summed E-state index contributed by atoms with van der Waals surface area (Å²) in [7, 11) is 0. The van der Waals surface area contributed by atoms with Crippen molar-refractivity contribution in [1.29, 1.82) is 0 Å². The summed E-state index contributed by atoms with van der Waals surface area (Å²) < 4.78 is 0. The van der Waals surface area contributed by atoms with Crippen LogP contribution >= 0.6 is 0 Å². The SMILES string of the molecule is CC1=C[C@H](C)CC(C)=C1. The van der Waals surface area contributed by atoms with Crippen LogP contribution in [0.3, 0.4) is 0 Å². The van der Waals surface area contributed by atoms with Crippen LogP contribution in [-0.2, 0) is 0 Å². The molecule has 0 aromatic carbocycles. The van der Waals surface area contributed by atoms with E-state index in [-0.39, 0.29) is 0 Å². The molecule has 1 aliphatic rings. The molecule has 0 nitrogen and oxygen atoms in total. The molecule has 0 saturated heterocycles. The minimum atomic E-state index is 0.759. The molecule has 0 bridgehead atoms. The fourth-order valence-electron chi connectivity index (χ4n) is 1.51. The molecule has 1 atom stereocenters. The fourth-order valence-corrected chi connectivity index (χ4v) is 1.51. The van der Waals surface area contributed by atoms with Gasteiger partial charge in [0.05, 0.1) is 0 Å². The molecule has 0 N–H and O–H groups in total. The average Bonchev–Trinajstić information content (AvgIpc) is 1.59. The van der Waals surface area contributed by atoms with Crippen LogP contribution in [0.25, 0.3) is 0 Å². The lowest BCUT2D eigenvalue weighted by Gasteiger charge is -2.13. The molecule has 0 unspecified atom stereocenters. The zero-order valence-electron chi connectivity index (χ0n) is 6.44. The van der Waals surface area contributed by atoms with Gasteiger partial charge in [0.15, 0.2) is 0 Å². The maximum absolute atomic E-state index is 2.33. The van der Waals surface area contributed by atoms with Gasteiger partial charge >= 0.3 is 0 Å². The molecule has 0 saturated carbocycles. The van der Waals surface area contributed by atoms with Crippen molar-refractivity contribution in [2.24, 2.45) is 5.92 Å². The summed E-state index contributed by atoms with van der Waals surface area (Å²) in [5.41, 5.74) is 2.94. The van der Waals surface area contributed by atoms with Gasteiger partial charge in [-0.05, 0) is 26.2 Å². The average molecular weight is 122 g/mol. The molecule has 0 aliphatic heterocycles. The second kappa shape index (κ2) is 2.38. The zero-order valence-corrected chi connectivity index (χ0v) is 6.44. The lowest BCUT2D eigenvalue weighted by Crippen LogP contribution is -1.96. The minimum absolute atomic E-state index is 0.759. The van der Waals surface area contributed by atoms with E-state index in [1.165, 1.54) is 17.6 Å². The van der Waals surface area contributed by atoms with Crippen LogP contribution < -0.4 is 0 Å². The molecule has 0 heteroatoms. The molecule has 0 fully saturated rings. The van der Waals surface area contributed by atoms with E-state index in [1.54, 1.807) is 0 Å². The van der Waals surface area contributed by atoms with E-state index in [1.807, 2.05) is 0 Å². The summed E-state index contributed by atoms with van der Waals surface area (Å²) >= 11 is 0. The molecular formula is C9H14. The van der Waals surface area contributed by atoms with Crippen LogP contribution in [0.5, 0.6) is 0 Å². The third-order valence-electron chi connectivity index (χ3n) is 1.67. The van der Waals surface area contributed by atoms with Gasteiger partial charge in [-0.1, -0.05) is 30.2 Å². The molecule has 0 aromatic heterocycles. The van der Waals surface area contributed by atoms with Gasteiger partial charge < -0.3 is 0 Å². The van der Waals surface area contributed by atoms with Crippen molar-refractivity contribution in [3.8, 4) is 0 Å². The van der Waals surface area contributed by atoms with Crippen molar-refractivity contribution in [1.82, 2.24) is 0 Å². The maximum atomic E-state index is 2.33. The third kappa shape index (κ3) is 1.70. The Hall–Kier alpha value is -0.520. The molecule has 0 amide bonds. The van der Waals surface area contributed by atoms with Crippen molar-refractivity contribution < 1.29 is 0 Å².